The molecule has 3 unspecified atom stereocenters. The molecule has 3 atom stereocenters. The van der Waals surface area contributed by atoms with Crippen LogP contribution in [-0.4, -0.2) is 13.2 Å². The van der Waals surface area contributed by atoms with Crippen LogP contribution in [0.5, 0.6) is 5.75 Å². The molecule has 0 saturated carbocycles. The van der Waals surface area contributed by atoms with Crippen LogP contribution in [0, 0.1) is 12.8 Å². The molecule has 2 aliphatic heterocycles. The number of nitrogens with zero attached hydrogens (tertiary/aromatic N) is 1. The van der Waals surface area contributed by atoms with Gasteiger partial charge in [0.05, 0.1) is 18.7 Å². The topological polar surface area (TPSA) is 36.5 Å². The van der Waals surface area contributed by atoms with Crippen molar-refractivity contribution in [2.75, 3.05) is 18.1 Å². The molecule has 0 aromatic heterocycles. The van der Waals surface area contributed by atoms with Crippen LogP contribution in [0.2, 0.25) is 0 Å². The number of rotatable bonds is 5. The number of fused-ring (bicyclic) bond motifs is 3. The van der Waals surface area contributed by atoms with E-state index in [4.69, 9.17) is 4.74 Å². The van der Waals surface area contributed by atoms with Crippen LogP contribution in [0.4, 0.5) is 5.69 Å². The zero-order chi connectivity index (χ0) is 20.5. The summed E-state index contributed by atoms with van der Waals surface area (Å²) in [6.07, 6.45) is 0. The summed E-state index contributed by atoms with van der Waals surface area (Å²) in [6.45, 7) is 6.81. The van der Waals surface area contributed by atoms with Gasteiger partial charge in [0.1, 0.15) is 5.75 Å². The standard InChI is InChI=1S/C26H29N3O/c1-3-30-21-13-11-20(12-14-21)25-23-17-29(16-19-8-6-7-18(2)15-19)24-10-5-4-9-22(24)26(23)28-27-25/h4-15,23,25-28H,3,16-17H2,1-2H3. The number of benzene rings is 3. The number of ether oxygens (including phenoxy) is 1. The molecular weight excluding hydrogens is 370 g/mol. The van der Waals surface area contributed by atoms with E-state index in [-0.39, 0.29) is 6.04 Å². The Morgan fingerprint density at radius 2 is 1.73 bits per heavy atom. The van der Waals surface area contributed by atoms with Crippen molar-refractivity contribution in [3.63, 3.8) is 0 Å². The third-order valence-electron chi connectivity index (χ3n) is 6.30. The second kappa shape index (κ2) is 8.13. The van der Waals surface area contributed by atoms with Crippen molar-refractivity contribution < 1.29 is 4.74 Å². The minimum absolute atomic E-state index is 0.263. The molecule has 0 radical (unpaired) electrons. The first kappa shape index (κ1) is 19.2. The maximum atomic E-state index is 5.63. The summed E-state index contributed by atoms with van der Waals surface area (Å²) in [5, 5.41) is 0. The fraction of sp³-hybridized carbons (Fsp3) is 0.308. The van der Waals surface area contributed by atoms with E-state index < -0.39 is 0 Å². The van der Waals surface area contributed by atoms with E-state index in [1.54, 1.807) is 0 Å². The first-order valence-corrected chi connectivity index (χ1v) is 10.9. The van der Waals surface area contributed by atoms with Gasteiger partial charge in [-0.1, -0.05) is 60.2 Å². The fourth-order valence-corrected chi connectivity index (χ4v) is 4.95. The molecule has 2 aliphatic rings. The number of aryl methyl sites for hydroxylation is 1. The highest BCUT2D eigenvalue weighted by Gasteiger charge is 2.43. The Balaban J connectivity index is 1.45. The molecule has 3 aromatic rings. The number of nitrogens with one attached hydrogen (secondary N) is 2. The van der Waals surface area contributed by atoms with Gasteiger partial charge in [-0.05, 0) is 48.7 Å². The first-order chi connectivity index (χ1) is 14.7. The second-order valence-corrected chi connectivity index (χ2v) is 8.34. The molecule has 2 N–H and O–H groups in total. The van der Waals surface area contributed by atoms with Crippen LogP contribution >= 0.6 is 0 Å². The van der Waals surface area contributed by atoms with Crippen LogP contribution in [-0.2, 0) is 6.54 Å². The molecular formula is C26H29N3O. The Labute approximate surface area is 178 Å². The number of hydrazine groups is 1. The van der Waals surface area contributed by atoms with Gasteiger partial charge in [0.2, 0.25) is 0 Å². The molecule has 4 nitrogen and oxygen atoms in total. The number of para-hydroxylation sites is 1. The Kier molecular flexibility index (Phi) is 5.19. The average molecular weight is 400 g/mol. The van der Waals surface area contributed by atoms with Gasteiger partial charge in [-0.25, -0.2) is 10.9 Å². The number of hydrogen-bond donors (Lipinski definition) is 2. The van der Waals surface area contributed by atoms with E-state index in [1.165, 1.54) is 27.9 Å². The van der Waals surface area contributed by atoms with Crippen molar-refractivity contribution in [3.8, 4) is 5.75 Å². The SMILES string of the molecule is CCOc1ccc(C2NNC3c4ccccc4N(Cc4cccc(C)c4)CC23)cc1. The van der Waals surface area contributed by atoms with Crippen LogP contribution in [0.3, 0.4) is 0 Å². The second-order valence-electron chi connectivity index (χ2n) is 8.34. The lowest BCUT2D eigenvalue weighted by atomic mass is 9.82. The fourth-order valence-electron chi connectivity index (χ4n) is 4.95. The molecule has 0 spiro atoms. The zero-order valence-corrected chi connectivity index (χ0v) is 17.6. The molecule has 4 heteroatoms. The molecule has 154 valence electrons. The van der Waals surface area contributed by atoms with E-state index in [9.17, 15) is 0 Å². The van der Waals surface area contributed by atoms with Gasteiger partial charge in [-0.3, -0.25) is 0 Å². The maximum Gasteiger partial charge on any atom is 0.119 e. The lowest BCUT2D eigenvalue weighted by molar-refractivity contribution is 0.339. The smallest absolute Gasteiger partial charge is 0.119 e. The average Bonchev–Trinajstić information content (AvgIpc) is 3.19. The highest BCUT2D eigenvalue weighted by Crippen LogP contribution is 2.45. The number of anilines is 1. The summed E-state index contributed by atoms with van der Waals surface area (Å²) in [7, 11) is 0. The third-order valence-corrected chi connectivity index (χ3v) is 6.30. The monoisotopic (exact) mass is 399 g/mol. The molecule has 0 bridgehead atoms. The first-order valence-electron chi connectivity index (χ1n) is 10.9. The molecule has 1 saturated heterocycles. The molecule has 3 aromatic carbocycles. The van der Waals surface area contributed by atoms with Gasteiger partial charge in [-0.15, -0.1) is 0 Å². The van der Waals surface area contributed by atoms with Gasteiger partial charge in [0, 0.05) is 24.7 Å². The van der Waals surface area contributed by atoms with Crippen molar-refractivity contribution in [1.29, 1.82) is 0 Å². The van der Waals surface area contributed by atoms with Crippen LogP contribution in [0.15, 0.2) is 72.8 Å². The largest absolute Gasteiger partial charge is 0.494 e. The predicted molar refractivity (Wildman–Crippen MR) is 122 cm³/mol. The Morgan fingerprint density at radius 1 is 0.933 bits per heavy atom. The normalized spacial score (nSPS) is 22.5. The van der Waals surface area contributed by atoms with Crippen LogP contribution in [0.1, 0.15) is 41.3 Å². The highest BCUT2D eigenvalue weighted by atomic mass is 16.5. The van der Waals surface area contributed by atoms with Crippen molar-refractivity contribution >= 4 is 5.69 Å². The Bertz CT molecular complexity index is 1020. The summed E-state index contributed by atoms with van der Waals surface area (Å²) in [5.74, 6) is 1.38. The summed E-state index contributed by atoms with van der Waals surface area (Å²) < 4.78 is 5.63. The van der Waals surface area contributed by atoms with Gasteiger partial charge in [0.15, 0.2) is 0 Å². The van der Waals surface area contributed by atoms with Crippen LogP contribution in [0.25, 0.3) is 0 Å². The van der Waals surface area contributed by atoms with Gasteiger partial charge < -0.3 is 9.64 Å². The van der Waals surface area contributed by atoms with E-state index in [1.807, 2.05) is 6.92 Å². The maximum absolute atomic E-state index is 5.63. The molecule has 1 fully saturated rings. The summed E-state index contributed by atoms with van der Waals surface area (Å²) >= 11 is 0. The minimum atomic E-state index is 0.263. The Morgan fingerprint density at radius 3 is 2.53 bits per heavy atom. The lowest BCUT2D eigenvalue weighted by Crippen LogP contribution is -2.39. The molecule has 0 amide bonds. The molecule has 2 heterocycles. The predicted octanol–water partition coefficient (Wildman–Crippen LogP) is 4.92. The molecule has 5 rings (SSSR count). The van der Waals surface area contributed by atoms with Gasteiger partial charge in [-0.2, -0.15) is 0 Å². The zero-order valence-electron chi connectivity index (χ0n) is 17.6. The third kappa shape index (κ3) is 3.57. The van der Waals surface area contributed by atoms with Gasteiger partial charge in [0.25, 0.3) is 0 Å². The van der Waals surface area contributed by atoms with E-state index in [2.05, 4.69) is 95.5 Å². The lowest BCUT2D eigenvalue weighted by Gasteiger charge is -2.39. The van der Waals surface area contributed by atoms with Crippen molar-refractivity contribution in [2.24, 2.45) is 5.92 Å². The van der Waals surface area contributed by atoms with Crippen molar-refractivity contribution in [2.45, 2.75) is 32.5 Å². The van der Waals surface area contributed by atoms with E-state index in [0.717, 1.165) is 18.8 Å². The summed E-state index contributed by atoms with van der Waals surface area (Å²) in [6, 6.07) is 26.8. The van der Waals surface area contributed by atoms with E-state index in [0.29, 0.717) is 18.6 Å². The molecule has 0 aliphatic carbocycles. The summed E-state index contributed by atoms with van der Waals surface area (Å²) in [4.78, 5) is 2.54. The summed E-state index contributed by atoms with van der Waals surface area (Å²) in [5.41, 5.74) is 13.9. The van der Waals surface area contributed by atoms with Crippen LogP contribution < -0.4 is 20.5 Å². The number of hydrogen-bond acceptors (Lipinski definition) is 4. The van der Waals surface area contributed by atoms with Crippen molar-refractivity contribution in [3.05, 3.63) is 95.1 Å². The van der Waals surface area contributed by atoms with Crippen molar-refractivity contribution in [1.82, 2.24) is 10.9 Å². The highest BCUT2D eigenvalue weighted by molar-refractivity contribution is 5.58. The quantitative estimate of drug-likeness (QED) is 0.638. The van der Waals surface area contributed by atoms with Gasteiger partial charge >= 0.3 is 0 Å². The minimum Gasteiger partial charge on any atom is -0.494 e. The Hall–Kier alpha value is -2.82. The molecule has 30 heavy (non-hydrogen) atoms. The van der Waals surface area contributed by atoms with E-state index >= 15 is 0 Å².